The molecule has 5 nitrogen and oxygen atoms in total. The SMILES string of the molecule is COc1ccccc1N1CCC(N2CCC[C@H](N3CCN(c4ccccc4C)CC3)C2)CC1. The Morgan fingerprint density at radius 2 is 1.33 bits per heavy atom. The van der Waals surface area contributed by atoms with Crippen molar-refractivity contribution in [2.24, 2.45) is 0 Å². The van der Waals surface area contributed by atoms with Gasteiger partial charge in [-0.15, -0.1) is 0 Å². The highest BCUT2D eigenvalue weighted by molar-refractivity contribution is 5.58. The first-order chi connectivity index (χ1) is 16.2. The van der Waals surface area contributed by atoms with Crippen molar-refractivity contribution in [3.05, 3.63) is 54.1 Å². The molecule has 0 unspecified atom stereocenters. The number of nitrogens with zero attached hydrogens (tertiary/aromatic N) is 4. The molecule has 5 rings (SSSR count). The number of likely N-dealkylation sites (tertiary alicyclic amines) is 1. The van der Waals surface area contributed by atoms with Gasteiger partial charge >= 0.3 is 0 Å². The van der Waals surface area contributed by atoms with Crippen LogP contribution in [0.4, 0.5) is 11.4 Å². The first-order valence-corrected chi connectivity index (χ1v) is 12.9. The molecule has 0 spiro atoms. The second kappa shape index (κ2) is 10.4. The predicted octanol–water partition coefficient (Wildman–Crippen LogP) is 4.26. The molecule has 5 heteroatoms. The Hall–Kier alpha value is -2.24. The Morgan fingerprint density at radius 3 is 2.06 bits per heavy atom. The fourth-order valence-corrected chi connectivity index (χ4v) is 6.22. The Morgan fingerprint density at radius 1 is 0.667 bits per heavy atom. The first-order valence-electron chi connectivity index (χ1n) is 12.9. The van der Waals surface area contributed by atoms with Crippen LogP contribution in [0, 0.1) is 6.92 Å². The molecule has 0 aromatic heterocycles. The van der Waals surface area contributed by atoms with Crippen molar-refractivity contribution in [1.82, 2.24) is 9.80 Å². The number of para-hydroxylation sites is 3. The monoisotopic (exact) mass is 448 g/mol. The summed E-state index contributed by atoms with van der Waals surface area (Å²) in [7, 11) is 1.78. The summed E-state index contributed by atoms with van der Waals surface area (Å²) in [5, 5.41) is 0. The smallest absolute Gasteiger partial charge is 0.142 e. The van der Waals surface area contributed by atoms with E-state index in [-0.39, 0.29) is 0 Å². The lowest BCUT2D eigenvalue weighted by Crippen LogP contribution is -2.57. The van der Waals surface area contributed by atoms with E-state index in [1.165, 1.54) is 68.8 Å². The summed E-state index contributed by atoms with van der Waals surface area (Å²) < 4.78 is 5.60. The summed E-state index contributed by atoms with van der Waals surface area (Å²) in [6, 6.07) is 18.8. The standard InChI is InChI=1S/C28H40N4O/c1-23-8-3-4-10-26(23)31-20-18-29(19-21-31)25-9-7-15-32(22-25)24-13-16-30(17-14-24)27-11-5-6-12-28(27)33-2/h3-6,8,10-12,24-25H,7,9,13-22H2,1-2H3/t25-/m0/s1. The van der Waals surface area contributed by atoms with Crippen molar-refractivity contribution in [2.45, 2.75) is 44.7 Å². The lowest BCUT2D eigenvalue weighted by molar-refractivity contribution is 0.0595. The van der Waals surface area contributed by atoms with Crippen molar-refractivity contribution in [2.75, 3.05) is 69.3 Å². The van der Waals surface area contributed by atoms with E-state index in [2.05, 4.69) is 75.1 Å². The van der Waals surface area contributed by atoms with Gasteiger partial charge in [0.1, 0.15) is 5.75 Å². The summed E-state index contributed by atoms with van der Waals surface area (Å²) in [6.07, 6.45) is 5.22. The zero-order chi connectivity index (χ0) is 22.6. The zero-order valence-corrected chi connectivity index (χ0v) is 20.5. The van der Waals surface area contributed by atoms with Gasteiger partial charge in [0.15, 0.2) is 0 Å². The number of rotatable bonds is 5. The van der Waals surface area contributed by atoms with Crippen LogP contribution >= 0.6 is 0 Å². The van der Waals surface area contributed by atoms with Crippen molar-refractivity contribution in [3.8, 4) is 5.75 Å². The normalized spacial score (nSPS) is 23.6. The van der Waals surface area contributed by atoms with Gasteiger partial charge in [0, 0.05) is 63.6 Å². The molecular weight excluding hydrogens is 408 g/mol. The minimum Gasteiger partial charge on any atom is -0.495 e. The summed E-state index contributed by atoms with van der Waals surface area (Å²) in [6.45, 7) is 11.7. The van der Waals surface area contributed by atoms with E-state index in [0.717, 1.165) is 44.0 Å². The number of piperidine rings is 2. The maximum atomic E-state index is 5.60. The number of aryl methyl sites for hydroxylation is 1. The molecular formula is C28H40N4O. The third-order valence-electron chi connectivity index (χ3n) is 8.12. The van der Waals surface area contributed by atoms with Crippen molar-refractivity contribution in [3.63, 3.8) is 0 Å². The van der Waals surface area contributed by atoms with Gasteiger partial charge in [0.25, 0.3) is 0 Å². The van der Waals surface area contributed by atoms with E-state index in [9.17, 15) is 0 Å². The van der Waals surface area contributed by atoms with Crippen molar-refractivity contribution < 1.29 is 4.74 Å². The molecule has 33 heavy (non-hydrogen) atoms. The van der Waals surface area contributed by atoms with Gasteiger partial charge in [0.05, 0.1) is 12.8 Å². The molecule has 3 heterocycles. The van der Waals surface area contributed by atoms with Crippen LogP contribution in [0.1, 0.15) is 31.2 Å². The largest absolute Gasteiger partial charge is 0.495 e. The van der Waals surface area contributed by atoms with Crippen LogP contribution in [-0.4, -0.2) is 81.4 Å². The molecule has 0 saturated carbocycles. The minimum absolute atomic E-state index is 0.727. The first kappa shape index (κ1) is 22.5. The molecule has 0 radical (unpaired) electrons. The van der Waals surface area contributed by atoms with Crippen LogP contribution in [0.15, 0.2) is 48.5 Å². The Labute approximate surface area is 199 Å². The summed E-state index contributed by atoms with van der Waals surface area (Å²) in [4.78, 5) is 10.7. The van der Waals surface area contributed by atoms with E-state index in [1.54, 1.807) is 7.11 Å². The predicted molar refractivity (Wildman–Crippen MR) is 138 cm³/mol. The van der Waals surface area contributed by atoms with E-state index in [0.29, 0.717) is 0 Å². The van der Waals surface area contributed by atoms with Crippen LogP contribution < -0.4 is 14.5 Å². The number of ether oxygens (including phenoxy) is 1. The number of anilines is 2. The average molecular weight is 449 g/mol. The van der Waals surface area contributed by atoms with Crippen LogP contribution in [0.3, 0.4) is 0 Å². The van der Waals surface area contributed by atoms with Crippen molar-refractivity contribution in [1.29, 1.82) is 0 Å². The number of piperazine rings is 1. The van der Waals surface area contributed by atoms with Gasteiger partial charge in [-0.2, -0.15) is 0 Å². The molecule has 0 bridgehead atoms. The topological polar surface area (TPSA) is 22.2 Å². The van der Waals surface area contributed by atoms with E-state index in [4.69, 9.17) is 4.74 Å². The zero-order valence-electron chi connectivity index (χ0n) is 20.5. The van der Waals surface area contributed by atoms with Crippen LogP contribution in [-0.2, 0) is 0 Å². The highest BCUT2D eigenvalue weighted by Gasteiger charge is 2.33. The fourth-order valence-electron chi connectivity index (χ4n) is 6.22. The fraction of sp³-hybridized carbons (Fsp3) is 0.571. The second-order valence-electron chi connectivity index (χ2n) is 9.99. The molecule has 0 amide bonds. The molecule has 3 aliphatic rings. The molecule has 178 valence electrons. The Bertz CT molecular complexity index is 902. The second-order valence-corrected chi connectivity index (χ2v) is 9.99. The lowest BCUT2D eigenvalue weighted by atomic mass is 9.96. The summed E-state index contributed by atoms with van der Waals surface area (Å²) in [5.74, 6) is 0.999. The van der Waals surface area contributed by atoms with Gasteiger partial charge in [-0.3, -0.25) is 9.80 Å². The molecule has 2 aromatic carbocycles. The maximum absolute atomic E-state index is 5.60. The van der Waals surface area contributed by atoms with Crippen molar-refractivity contribution >= 4 is 11.4 Å². The molecule has 3 aliphatic heterocycles. The summed E-state index contributed by atoms with van der Waals surface area (Å²) >= 11 is 0. The van der Waals surface area contributed by atoms with Gasteiger partial charge in [-0.1, -0.05) is 30.3 Å². The van der Waals surface area contributed by atoms with E-state index >= 15 is 0 Å². The third kappa shape index (κ3) is 4.99. The molecule has 2 aromatic rings. The highest BCUT2D eigenvalue weighted by atomic mass is 16.5. The quantitative estimate of drug-likeness (QED) is 0.680. The molecule has 3 fully saturated rings. The van der Waals surface area contributed by atoms with Crippen LogP contribution in [0.25, 0.3) is 0 Å². The number of hydrogen-bond donors (Lipinski definition) is 0. The van der Waals surface area contributed by atoms with Gasteiger partial charge < -0.3 is 14.5 Å². The maximum Gasteiger partial charge on any atom is 0.142 e. The Kier molecular flexibility index (Phi) is 7.07. The number of hydrogen-bond acceptors (Lipinski definition) is 5. The van der Waals surface area contributed by atoms with Gasteiger partial charge in [-0.05, 0) is 62.9 Å². The average Bonchev–Trinajstić information content (AvgIpc) is 2.89. The van der Waals surface area contributed by atoms with Crippen LogP contribution in [0.2, 0.25) is 0 Å². The van der Waals surface area contributed by atoms with Gasteiger partial charge in [-0.25, -0.2) is 0 Å². The highest BCUT2D eigenvalue weighted by Crippen LogP contribution is 2.32. The molecule has 0 N–H and O–H groups in total. The third-order valence-corrected chi connectivity index (χ3v) is 8.12. The van der Waals surface area contributed by atoms with Crippen LogP contribution in [0.5, 0.6) is 5.75 Å². The van der Waals surface area contributed by atoms with E-state index < -0.39 is 0 Å². The van der Waals surface area contributed by atoms with Gasteiger partial charge in [0.2, 0.25) is 0 Å². The minimum atomic E-state index is 0.727. The number of methoxy groups -OCH3 is 1. The number of benzene rings is 2. The van der Waals surface area contributed by atoms with E-state index in [1.807, 2.05) is 0 Å². The summed E-state index contributed by atoms with van der Waals surface area (Å²) in [5.41, 5.74) is 4.07. The molecule has 0 aliphatic carbocycles. The molecule has 1 atom stereocenters. The Balaban J connectivity index is 1.13. The molecule has 3 saturated heterocycles. The lowest BCUT2D eigenvalue weighted by Gasteiger charge is -2.47.